The molecular weight excluding hydrogens is 330 g/mol. The van der Waals surface area contributed by atoms with Crippen molar-refractivity contribution in [3.63, 3.8) is 0 Å². The van der Waals surface area contributed by atoms with E-state index in [0.29, 0.717) is 35.9 Å². The van der Waals surface area contributed by atoms with Gasteiger partial charge in [0.15, 0.2) is 5.16 Å². The molecule has 0 fully saturated rings. The van der Waals surface area contributed by atoms with E-state index in [2.05, 4.69) is 30.8 Å². The second-order valence-electron chi connectivity index (χ2n) is 5.92. The predicted molar refractivity (Wildman–Crippen MR) is 93.5 cm³/mol. The van der Waals surface area contributed by atoms with Gasteiger partial charge < -0.3 is 15.4 Å². The zero-order chi connectivity index (χ0) is 17.7. The van der Waals surface area contributed by atoms with E-state index in [1.165, 1.54) is 11.8 Å². The first-order valence-electron chi connectivity index (χ1n) is 7.79. The average Bonchev–Trinajstić information content (AvgIpc) is 2.87. The van der Waals surface area contributed by atoms with Crippen molar-refractivity contribution in [2.45, 2.75) is 45.4 Å². The molecule has 0 amide bonds. The van der Waals surface area contributed by atoms with Gasteiger partial charge in [0, 0.05) is 13.1 Å². The van der Waals surface area contributed by atoms with Crippen LogP contribution in [-0.4, -0.2) is 55.0 Å². The minimum atomic E-state index is -0.511. The highest BCUT2D eigenvalue weighted by Gasteiger charge is 2.19. The monoisotopic (exact) mass is 353 g/mol. The number of rotatable bonds is 7. The Hall–Kier alpha value is -2.10. The highest BCUT2D eigenvalue weighted by atomic mass is 32.2. The fraction of sp³-hybridized carbons (Fsp3) is 0.643. The molecule has 0 unspecified atom stereocenters. The highest BCUT2D eigenvalue weighted by molar-refractivity contribution is 7.99. The molecule has 24 heavy (non-hydrogen) atoms. The number of thioether (sulfide) groups is 1. The van der Waals surface area contributed by atoms with Gasteiger partial charge in [-0.2, -0.15) is 9.97 Å². The van der Waals surface area contributed by atoms with E-state index in [0.717, 1.165) is 0 Å². The van der Waals surface area contributed by atoms with Crippen molar-refractivity contribution < 1.29 is 9.53 Å². The molecule has 2 rings (SSSR count). The number of nitrogens with one attached hydrogen (secondary N) is 2. The van der Waals surface area contributed by atoms with E-state index < -0.39 is 5.60 Å². The Morgan fingerprint density at radius 1 is 1.17 bits per heavy atom. The van der Waals surface area contributed by atoms with Gasteiger partial charge in [-0.25, -0.2) is 4.40 Å². The summed E-state index contributed by atoms with van der Waals surface area (Å²) in [6.45, 7) is 10.8. The smallest absolute Gasteiger partial charge is 0.316 e. The standard InChI is InChI=1S/C14H23N7O2S/c1-6-15-10-17-11(16-7-2)21-12(18-10)19-20-13(21)24-8-9(22)23-14(3,4)5/h6-8H2,1-5H3,(H2,15,16,17,18,19). The van der Waals surface area contributed by atoms with Crippen molar-refractivity contribution in [2.75, 3.05) is 29.5 Å². The van der Waals surface area contributed by atoms with Crippen LogP contribution in [0.25, 0.3) is 5.78 Å². The number of carbonyl (C=O) groups excluding carboxylic acids is 1. The van der Waals surface area contributed by atoms with E-state index in [1.807, 2.05) is 34.6 Å². The van der Waals surface area contributed by atoms with Crippen LogP contribution in [0.5, 0.6) is 0 Å². The summed E-state index contributed by atoms with van der Waals surface area (Å²) in [6.07, 6.45) is 0. The Balaban J connectivity index is 2.23. The van der Waals surface area contributed by atoms with Gasteiger partial charge in [-0.1, -0.05) is 11.8 Å². The zero-order valence-corrected chi connectivity index (χ0v) is 15.4. The van der Waals surface area contributed by atoms with Crippen LogP contribution in [0.1, 0.15) is 34.6 Å². The van der Waals surface area contributed by atoms with Gasteiger partial charge in [0.05, 0.1) is 5.75 Å². The fourth-order valence-corrected chi connectivity index (χ4v) is 2.59. The van der Waals surface area contributed by atoms with Gasteiger partial charge in [0.1, 0.15) is 5.60 Å². The third-order valence-electron chi connectivity index (χ3n) is 2.65. The van der Waals surface area contributed by atoms with Crippen molar-refractivity contribution in [1.29, 1.82) is 0 Å². The van der Waals surface area contributed by atoms with Crippen LogP contribution < -0.4 is 10.6 Å². The first-order chi connectivity index (χ1) is 11.3. The topological polar surface area (TPSA) is 106 Å². The average molecular weight is 353 g/mol. The third-order valence-corrected chi connectivity index (χ3v) is 3.56. The van der Waals surface area contributed by atoms with Gasteiger partial charge in [-0.15, -0.1) is 10.2 Å². The Kier molecular flexibility index (Phi) is 5.81. The van der Waals surface area contributed by atoms with Crippen LogP contribution >= 0.6 is 11.8 Å². The lowest BCUT2D eigenvalue weighted by Crippen LogP contribution is -2.25. The number of hydrogen-bond acceptors (Lipinski definition) is 9. The minimum Gasteiger partial charge on any atom is -0.459 e. The summed E-state index contributed by atoms with van der Waals surface area (Å²) in [6, 6.07) is 0. The maximum Gasteiger partial charge on any atom is 0.316 e. The molecule has 0 aromatic carbocycles. The van der Waals surface area contributed by atoms with Crippen molar-refractivity contribution in [2.24, 2.45) is 0 Å². The molecule has 132 valence electrons. The Morgan fingerprint density at radius 2 is 1.88 bits per heavy atom. The van der Waals surface area contributed by atoms with Crippen LogP contribution in [0.15, 0.2) is 5.16 Å². The molecule has 2 N–H and O–H groups in total. The van der Waals surface area contributed by atoms with Crippen LogP contribution in [0.3, 0.4) is 0 Å². The molecule has 0 aliphatic rings. The second-order valence-corrected chi connectivity index (χ2v) is 6.87. The largest absolute Gasteiger partial charge is 0.459 e. The fourth-order valence-electron chi connectivity index (χ4n) is 1.89. The van der Waals surface area contributed by atoms with Crippen molar-refractivity contribution in [3.05, 3.63) is 0 Å². The summed E-state index contributed by atoms with van der Waals surface area (Å²) >= 11 is 1.24. The van der Waals surface area contributed by atoms with Crippen molar-refractivity contribution in [1.82, 2.24) is 24.6 Å². The molecule has 0 aliphatic heterocycles. The van der Waals surface area contributed by atoms with E-state index in [4.69, 9.17) is 4.74 Å². The van der Waals surface area contributed by atoms with Crippen LogP contribution in [0.2, 0.25) is 0 Å². The number of fused-ring (bicyclic) bond motifs is 1. The Labute approximate surface area is 145 Å². The zero-order valence-electron chi connectivity index (χ0n) is 14.6. The summed E-state index contributed by atoms with van der Waals surface area (Å²) in [5.41, 5.74) is -0.511. The maximum atomic E-state index is 11.9. The Bertz CT molecular complexity index is 711. The normalized spacial score (nSPS) is 11.5. The predicted octanol–water partition coefficient (Wildman–Crippen LogP) is 1.82. The van der Waals surface area contributed by atoms with Gasteiger partial charge >= 0.3 is 5.97 Å². The quantitative estimate of drug-likeness (QED) is 0.569. The molecule has 0 aliphatic carbocycles. The number of carbonyl (C=O) groups is 1. The molecule has 9 nitrogen and oxygen atoms in total. The first-order valence-corrected chi connectivity index (χ1v) is 8.78. The second kappa shape index (κ2) is 7.65. The SMILES string of the molecule is CCNc1nc(NCC)n2c(SCC(=O)OC(C)(C)C)nnc2n1. The van der Waals surface area contributed by atoms with Crippen LogP contribution in [0, 0.1) is 0 Å². The molecule has 10 heteroatoms. The summed E-state index contributed by atoms with van der Waals surface area (Å²) in [5.74, 6) is 1.31. The molecule has 2 aromatic rings. The van der Waals surface area contributed by atoms with Crippen molar-refractivity contribution in [3.8, 4) is 0 Å². The third kappa shape index (κ3) is 4.70. The molecule has 0 atom stereocenters. The number of aromatic nitrogens is 5. The number of nitrogens with zero attached hydrogens (tertiary/aromatic N) is 5. The maximum absolute atomic E-state index is 11.9. The molecule has 0 radical (unpaired) electrons. The molecule has 2 heterocycles. The first kappa shape index (κ1) is 18.2. The van der Waals surface area contributed by atoms with E-state index in [9.17, 15) is 4.79 Å². The Morgan fingerprint density at radius 3 is 2.50 bits per heavy atom. The lowest BCUT2D eigenvalue weighted by molar-refractivity contribution is -0.151. The van der Waals surface area contributed by atoms with Crippen LogP contribution in [0.4, 0.5) is 11.9 Å². The van der Waals surface area contributed by atoms with Gasteiger partial charge in [0.2, 0.25) is 11.9 Å². The number of esters is 1. The van der Waals surface area contributed by atoms with Crippen LogP contribution in [-0.2, 0) is 9.53 Å². The van der Waals surface area contributed by atoms with E-state index >= 15 is 0 Å². The number of hydrogen-bond donors (Lipinski definition) is 2. The molecule has 0 saturated heterocycles. The number of anilines is 2. The summed E-state index contributed by atoms with van der Waals surface area (Å²) in [7, 11) is 0. The minimum absolute atomic E-state index is 0.137. The molecule has 0 spiro atoms. The summed E-state index contributed by atoms with van der Waals surface area (Å²) in [5, 5.41) is 14.9. The van der Waals surface area contributed by atoms with E-state index in [1.54, 1.807) is 4.40 Å². The lowest BCUT2D eigenvalue weighted by atomic mass is 10.2. The van der Waals surface area contributed by atoms with Gasteiger partial charge in [-0.05, 0) is 34.6 Å². The van der Waals surface area contributed by atoms with Gasteiger partial charge in [-0.3, -0.25) is 4.79 Å². The number of ether oxygens (including phenoxy) is 1. The van der Waals surface area contributed by atoms with E-state index in [-0.39, 0.29) is 11.7 Å². The molecule has 0 bridgehead atoms. The summed E-state index contributed by atoms with van der Waals surface area (Å²) in [4.78, 5) is 20.6. The lowest BCUT2D eigenvalue weighted by Gasteiger charge is -2.19. The summed E-state index contributed by atoms with van der Waals surface area (Å²) < 4.78 is 7.00. The molecular formula is C14H23N7O2S. The van der Waals surface area contributed by atoms with Crippen molar-refractivity contribution >= 4 is 35.4 Å². The molecule has 0 saturated carbocycles. The highest BCUT2D eigenvalue weighted by Crippen LogP contribution is 2.21. The van der Waals surface area contributed by atoms with Gasteiger partial charge in [0.25, 0.3) is 5.78 Å². The molecule has 2 aromatic heterocycles.